The minimum atomic E-state index is -5.58. The molecule has 2 aromatic carbocycles. The molecule has 1 fully saturated rings. The zero-order chi connectivity index (χ0) is 21.9. The molecule has 164 valence electrons. The van der Waals surface area contributed by atoms with Gasteiger partial charge >= 0.3 is 12.5 Å². The zero-order valence-corrected chi connectivity index (χ0v) is 16.6. The van der Waals surface area contributed by atoms with Crippen molar-refractivity contribution < 1.29 is 31.1 Å². The van der Waals surface area contributed by atoms with Crippen LogP contribution in [0.2, 0.25) is 0 Å². The normalized spacial score (nSPS) is 20.4. The predicted octanol–water partition coefficient (Wildman–Crippen LogP) is 8.15. The smallest absolute Gasteiger partial charge is 0.222 e. The van der Waals surface area contributed by atoms with Gasteiger partial charge in [-0.05, 0) is 66.3 Å². The van der Waals surface area contributed by atoms with Gasteiger partial charge in [-0.3, -0.25) is 0 Å². The average molecular weight is 430 g/mol. The number of ether oxygens (including phenoxy) is 1. The lowest BCUT2D eigenvalue weighted by atomic mass is 9.77. The number of hydrogen-bond acceptors (Lipinski definition) is 1. The van der Waals surface area contributed by atoms with E-state index in [1.165, 1.54) is 31.2 Å². The van der Waals surface area contributed by atoms with Crippen LogP contribution in [0.15, 0.2) is 42.5 Å². The summed E-state index contributed by atoms with van der Waals surface area (Å²) in [5.74, 6) is -0.184. The molecule has 0 unspecified atom stereocenters. The van der Waals surface area contributed by atoms with Crippen molar-refractivity contribution in [2.24, 2.45) is 5.92 Å². The second-order valence-electron chi connectivity index (χ2n) is 7.89. The van der Waals surface area contributed by atoms with Crippen molar-refractivity contribution in [2.75, 3.05) is 0 Å². The molecule has 30 heavy (non-hydrogen) atoms. The van der Waals surface area contributed by atoms with Gasteiger partial charge in [0.05, 0.1) is 5.56 Å². The number of rotatable bonds is 6. The van der Waals surface area contributed by atoms with Gasteiger partial charge in [0.2, 0.25) is 0 Å². The molecule has 0 N–H and O–H groups in total. The maximum Gasteiger partial charge on any atom is 0.527 e. The molecular formula is C23H24F6O. The van der Waals surface area contributed by atoms with E-state index in [4.69, 9.17) is 0 Å². The Hall–Kier alpha value is -2.02. The molecule has 1 aliphatic carbocycles. The summed E-state index contributed by atoms with van der Waals surface area (Å²) in [5, 5.41) is 0. The molecule has 0 amide bonds. The van der Waals surface area contributed by atoms with Crippen molar-refractivity contribution in [1.29, 1.82) is 0 Å². The van der Waals surface area contributed by atoms with Crippen molar-refractivity contribution in [2.45, 2.75) is 63.8 Å². The Labute approximate surface area is 172 Å². The van der Waals surface area contributed by atoms with Gasteiger partial charge in [-0.2, -0.15) is 8.78 Å². The molecule has 0 atom stereocenters. The van der Waals surface area contributed by atoms with E-state index in [-0.39, 0.29) is 0 Å². The highest BCUT2D eigenvalue weighted by Gasteiger charge is 2.47. The van der Waals surface area contributed by atoms with Crippen LogP contribution in [-0.2, 0) is 10.8 Å². The lowest BCUT2D eigenvalue weighted by molar-refractivity contribution is -0.432. The topological polar surface area (TPSA) is 9.23 Å². The van der Waals surface area contributed by atoms with Crippen molar-refractivity contribution >= 4 is 0 Å². The molecule has 7 heteroatoms. The Morgan fingerprint density at radius 2 is 1.47 bits per heavy atom. The third-order valence-corrected chi connectivity index (χ3v) is 5.79. The molecule has 3 rings (SSSR count). The lowest BCUT2D eigenvalue weighted by Gasteiger charge is -2.28. The lowest BCUT2D eigenvalue weighted by Crippen LogP contribution is -2.28. The van der Waals surface area contributed by atoms with E-state index in [1.54, 1.807) is 12.1 Å². The molecule has 0 heterocycles. The predicted molar refractivity (Wildman–Crippen MR) is 102 cm³/mol. The Kier molecular flexibility index (Phi) is 6.80. The van der Waals surface area contributed by atoms with Crippen LogP contribution in [0.1, 0.15) is 62.5 Å². The van der Waals surface area contributed by atoms with Crippen molar-refractivity contribution in [3.63, 3.8) is 0 Å². The van der Waals surface area contributed by atoms with Crippen LogP contribution in [-0.4, -0.2) is 6.36 Å². The van der Waals surface area contributed by atoms with Gasteiger partial charge in [-0.15, -0.1) is 13.2 Å². The average Bonchev–Trinajstić information content (AvgIpc) is 2.67. The SMILES string of the molecule is CCCC1CCC(c2ccc(-c3ccc(C(F)(F)OC(F)(F)F)c(F)c3)cc2)CC1. The summed E-state index contributed by atoms with van der Waals surface area (Å²) in [7, 11) is 0. The molecule has 0 bridgehead atoms. The Morgan fingerprint density at radius 1 is 0.867 bits per heavy atom. The fourth-order valence-corrected chi connectivity index (χ4v) is 4.27. The van der Waals surface area contributed by atoms with Gasteiger partial charge in [-0.25, -0.2) is 9.13 Å². The first-order valence-corrected chi connectivity index (χ1v) is 10.1. The summed E-state index contributed by atoms with van der Waals surface area (Å²) in [6, 6.07) is 10.1. The largest absolute Gasteiger partial charge is 0.527 e. The highest BCUT2D eigenvalue weighted by Crippen LogP contribution is 2.40. The van der Waals surface area contributed by atoms with Crippen molar-refractivity contribution in [1.82, 2.24) is 0 Å². The summed E-state index contributed by atoms with van der Waals surface area (Å²) in [6.07, 6.45) is -3.25. The van der Waals surface area contributed by atoms with Crippen LogP contribution in [0.4, 0.5) is 26.3 Å². The summed E-state index contributed by atoms with van der Waals surface area (Å²) in [6.45, 7) is 2.20. The van der Waals surface area contributed by atoms with E-state index in [2.05, 4.69) is 11.7 Å². The fraction of sp³-hybridized carbons (Fsp3) is 0.478. The summed E-state index contributed by atoms with van der Waals surface area (Å²) in [5.41, 5.74) is 0.640. The highest BCUT2D eigenvalue weighted by molar-refractivity contribution is 5.64. The standard InChI is InChI=1S/C23H24F6O/c1-2-3-15-4-6-16(7-5-15)17-8-10-18(11-9-17)19-12-13-20(21(24)14-19)22(25,26)30-23(27,28)29/h8-16H,2-7H2,1H3. The fourth-order valence-electron chi connectivity index (χ4n) is 4.27. The van der Waals surface area contributed by atoms with Gasteiger partial charge in [0.1, 0.15) is 5.82 Å². The van der Waals surface area contributed by atoms with Crippen LogP contribution in [0.25, 0.3) is 11.1 Å². The van der Waals surface area contributed by atoms with Crippen LogP contribution in [0, 0.1) is 11.7 Å². The van der Waals surface area contributed by atoms with Crippen molar-refractivity contribution in [3.8, 4) is 11.1 Å². The van der Waals surface area contributed by atoms with E-state index in [1.807, 2.05) is 12.1 Å². The molecule has 0 aromatic heterocycles. The maximum absolute atomic E-state index is 14.1. The van der Waals surface area contributed by atoms with E-state index < -0.39 is 23.9 Å². The van der Waals surface area contributed by atoms with Crippen LogP contribution in [0.5, 0.6) is 0 Å². The van der Waals surface area contributed by atoms with Crippen molar-refractivity contribution in [3.05, 3.63) is 59.4 Å². The molecule has 2 aromatic rings. The molecule has 1 nitrogen and oxygen atoms in total. The van der Waals surface area contributed by atoms with E-state index in [9.17, 15) is 26.3 Å². The van der Waals surface area contributed by atoms with Crippen LogP contribution < -0.4 is 0 Å². The number of hydrogen-bond donors (Lipinski definition) is 0. The van der Waals surface area contributed by atoms with Crippen LogP contribution in [0.3, 0.4) is 0 Å². The zero-order valence-electron chi connectivity index (χ0n) is 16.6. The second-order valence-corrected chi connectivity index (χ2v) is 7.89. The summed E-state index contributed by atoms with van der Waals surface area (Å²) >= 11 is 0. The second kappa shape index (κ2) is 9.00. The van der Waals surface area contributed by atoms with E-state index in [0.717, 1.165) is 30.9 Å². The van der Waals surface area contributed by atoms with Crippen LogP contribution >= 0.6 is 0 Å². The summed E-state index contributed by atoms with van der Waals surface area (Å²) < 4.78 is 80.5. The first-order chi connectivity index (χ1) is 14.1. The monoisotopic (exact) mass is 430 g/mol. The highest BCUT2D eigenvalue weighted by atomic mass is 19.4. The number of alkyl halides is 5. The van der Waals surface area contributed by atoms with E-state index >= 15 is 0 Å². The quantitative estimate of drug-likeness (QED) is 0.420. The van der Waals surface area contributed by atoms with Gasteiger partial charge in [0.25, 0.3) is 0 Å². The Balaban J connectivity index is 1.72. The Morgan fingerprint density at radius 3 is 2.00 bits per heavy atom. The first kappa shape index (κ1) is 22.7. The maximum atomic E-state index is 14.1. The molecule has 0 spiro atoms. The van der Waals surface area contributed by atoms with E-state index in [0.29, 0.717) is 23.1 Å². The minimum absolute atomic E-state index is 0.303. The molecule has 0 aliphatic heterocycles. The minimum Gasteiger partial charge on any atom is -0.222 e. The molecule has 0 saturated heterocycles. The third kappa shape index (κ3) is 5.56. The van der Waals surface area contributed by atoms with Gasteiger partial charge in [-0.1, -0.05) is 50.1 Å². The van der Waals surface area contributed by atoms with Gasteiger partial charge < -0.3 is 0 Å². The summed E-state index contributed by atoms with van der Waals surface area (Å²) in [4.78, 5) is 0. The number of halogens is 6. The number of benzene rings is 2. The molecule has 0 radical (unpaired) electrons. The van der Waals surface area contributed by atoms with Gasteiger partial charge in [0.15, 0.2) is 0 Å². The van der Waals surface area contributed by atoms with Gasteiger partial charge in [0, 0.05) is 0 Å². The molecular weight excluding hydrogens is 406 g/mol. The molecule has 1 aliphatic rings. The molecule has 1 saturated carbocycles. The first-order valence-electron chi connectivity index (χ1n) is 10.1. The Bertz CT molecular complexity index is 836. The third-order valence-electron chi connectivity index (χ3n) is 5.79.